The second kappa shape index (κ2) is 7.49. The molecule has 28 heavy (non-hydrogen) atoms. The third-order valence-corrected chi connectivity index (χ3v) is 7.49. The first-order chi connectivity index (χ1) is 13.5. The van der Waals surface area contributed by atoms with E-state index in [4.69, 9.17) is 15.7 Å². The maximum Gasteiger partial charge on any atom is 0.314 e. The average Bonchev–Trinajstić information content (AvgIpc) is 2.83. The number of fused-ring (bicyclic) bond motifs is 1. The van der Waals surface area contributed by atoms with Gasteiger partial charge in [0.1, 0.15) is 11.6 Å². The molecule has 6 heteroatoms. The van der Waals surface area contributed by atoms with Crippen LogP contribution in [-0.4, -0.2) is 21.2 Å². The van der Waals surface area contributed by atoms with Crippen LogP contribution in [0.15, 0.2) is 36.4 Å². The van der Waals surface area contributed by atoms with Gasteiger partial charge < -0.3 is 10.5 Å². The molecule has 0 saturated carbocycles. The highest BCUT2D eigenvalue weighted by Crippen LogP contribution is 2.36. The van der Waals surface area contributed by atoms with Crippen LogP contribution in [0.2, 0.25) is 5.54 Å². The van der Waals surface area contributed by atoms with Crippen molar-refractivity contribution in [2.75, 3.05) is 0 Å². The molecule has 2 aliphatic heterocycles. The Morgan fingerprint density at radius 2 is 2.04 bits per heavy atom. The smallest absolute Gasteiger partial charge is 0.314 e. The Hall–Kier alpha value is -2.49. The third kappa shape index (κ3) is 3.48. The van der Waals surface area contributed by atoms with Crippen LogP contribution in [0.1, 0.15) is 24.5 Å². The van der Waals surface area contributed by atoms with Gasteiger partial charge in [-0.05, 0) is 71.3 Å². The summed E-state index contributed by atoms with van der Waals surface area (Å²) >= 11 is 0. The minimum atomic E-state index is -0.272. The van der Waals surface area contributed by atoms with Gasteiger partial charge in [0.2, 0.25) is 0 Å². The lowest BCUT2D eigenvalue weighted by Crippen LogP contribution is -2.52. The normalized spacial score (nSPS) is 26.4. The van der Waals surface area contributed by atoms with E-state index in [9.17, 15) is 9.18 Å². The minimum absolute atomic E-state index is 0.00147. The molecular formula is C22H21FN2O2Si. The molecule has 0 amide bonds. The van der Waals surface area contributed by atoms with Crippen molar-refractivity contribution >= 4 is 15.5 Å². The quantitative estimate of drug-likeness (QED) is 0.493. The Labute approximate surface area is 166 Å². The van der Waals surface area contributed by atoms with E-state index < -0.39 is 0 Å². The molecule has 0 aliphatic carbocycles. The molecule has 1 saturated heterocycles. The van der Waals surface area contributed by atoms with Gasteiger partial charge in [-0.15, -0.1) is 0 Å². The van der Waals surface area contributed by atoms with Gasteiger partial charge in [0.15, 0.2) is 0 Å². The molecule has 4 atom stereocenters. The van der Waals surface area contributed by atoms with Crippen LogP contribution in [0, 0.1) is 29.0 Å². The zero-order chi connectivity index (χ0) is 19.8. The summed E-state index contributed by atoms with van der Waals surface area (Å²) in [4.78, 5) is 11.9. The molecule has 2 aromatic rings. The molecule has 2 N–H and O–H groups in total. The molecule has 0 bridgehead atoms. The van der Waals surface area contributed by atoms with Crippen molar-refractivity contribution < 1.29 is 13.9 Å². The summed E-state index contributed by atoms with van der Waals surface area (Å²) in [6, 6.07) is 13.1. The number of esters is 1. The number of nitriles is 1. The number of nitrogens with zero attached hydrogens (tertiary/aromatic N) is 1. The number of carbonyl (C=O) groups excluding carboxylic acids is 1. The molecule has 3 unspecified atom stereocenters. The Balaban J connectivity index is 1.57. The number of carbonyl (C=O) groups is 1. The van der Waals surface area contributed by atoms with Gasteiger partial charge in [-0.25, -0.2) is 4.39 Å². The third-order valence-electron chi connectivity index (χ3n) is 5.76. The largest absolute Gasteiger partial charge is 0.426 e. The summed E-state index contributed by atoms with van der Waals surface area (Å²) in [5.74, 6) is 0.0349. The van der Waals surface area contributed by atoms with Gasteiger partial charge in [-0.3, -0.25) is 4.79 Å². The fraction of sp³-hybridized carbons (Fsp3) is 0.364. The van der Waals surface area contributed by atoms with Crippen molar-refractivity contribution in [2.24, 2.45) is 17.6 Å². The van der Waals surface area contributed by atoms with Crippen LogP contribution in [-0.2, 0) is 17.6 Å². The lowest BCUT2D eigenvalue weighted by molar-refractivity contribution is -0.138. The van der Waals surface area contributed by atoms with Gasteiger partial charge in [0.05, 0.1) is 21.5 Å². The second-order valence-corrected chi connectivity index (χ2v) is 9.28. The predicted molar refractivity (Wildman–Crippen MR) is 105 cm³/mol. The van der Waals surface area contributed by atoms with Crippen LogP contribution in [0.4, 0.5) is 4.39 Å². The van der Waals surface area contributed by atoms with Gasteiger partial charge in [-0.2, -0.15) is 5.26 Å². The summed E-state index contributed by atoms with van der Waals surface area (Å²) < 4.78 is 20.2. The van der Waals surface area contributed by atoms with Crippen LogP contribution >= 0.6 is 0 Å². The van der Waals surface area contributed by atoms with Crippen LogP contribution in [0.25, 0.3) is 11.1 Å². The molecule has 0 aromatic heterocycles. The molecule has 142 valence electrons. The van der Waals surface area contributed by atoms with E-state index in [0.29, 0.717) is 27.3 Å². The van der Waals surface area contributed by atoms with Crippen LogP contribution in [0.5, 0.6) is 5.75 Å². The van der Waals surface area contributed by atoms with Gasteiger partial charge >= 0.3 is 5.97 Å². The molecule has 4 nitrogen and oxygen atoms in total. The SMILES string of the molecule is CC1CCc2cc(-c3ccc(C[C@@H]4C(N)[Si]C4C#N)c(F)c3)ccc2OC1=O. The Morgan fingerprint density at radius 1 is 1.29 bits per heavy atom. The number of nitrogens with two attached hydrogens (primary N) is 1. The van der Waals surface area contributed by atoms with Crippen molar-refractivity contribution in [1.82, 2.24) is 0 Å². The highest BCUT2D eigenvalue weighted by molar-refractivity contribution is 6.45. The van der Waals surface area contributed by atoms with E-state index in [1.807, 2.05) is 25.1 Å². The standard InChI is InChI=1S/C22H21FN2O2Si/c1-12-2-3-16-8-13(6-7-19(16)27-22(12)26)14-4-5-15(18(23)10-14)9-17-20(11-24)28-21(17)25/h4-8,10,12,17,20-21H,2-3,9,25H2,1H3/t12?,17-,20?,21?/m0/s1. The van der Waals surface area contributed by atoms with E-state index in [-0.39, 0.29) is 34.8 Å². The van der Waals surface area contributed by atoms with E-state index in [1.165, 1.54) is 6.07 Å². The van der Waals surface area contributed by atoms with Crippen LogP contribution < -0.4 is 10.5 Å². The summed E-state index contributed by atoms with van der Waals surface area (Å²) in [5.41, 5.74) is 9.20. The number of ether oxygens (including phenoxy) is 1. The summed E-state index contributed by atoms with van der Waals surface area (Å²) in [5, 5.41) is 9.14. The Kier molecular flexibility index (Phi) is 5.05. The maximum absolute atomic E-state index is 14.7. The first kappa shape index (κ1) is 18.9. The fourth-order valence-electron chi connectivity index (χ4n) is 3.82. The molecular weight excluding hydrogens is 371 g/mol. The Bertz CT molecular complexity index is 971. The van der Waals surface area contributed by atoms with Crippen molar-refractivity contribution in [1.29, 1.82) is 5.26 Å². The second-order valence-electron chi connectivity index (χ2n) is 7.66. The average molecular weight is 393 g/mol. The van der Waals surface area contributed by atoms with Crippen molar-refractivity contribution in [3.05, 3.63) is 53.3 Å². The number of aryl methyl sites for hydroxylation is 1. The zero-order valence-corrected chi connectivity index (χ0v) is 16.6. The summed E-state index contributed by atoms with van der Waals surface area (Å²) in [6.07, 6.45) is 1.99. The first-order valence-corrected chi connectivity index (χ1v) is 10.7. The summed E-state index contributed by atoms with van der Waals surface area (Å²) in [7, 11) is 0.446. The van der Waals surface area contributed by atoms with E-state index in [0.717, 1.165) is 29.5 Å². The highest BCUT2D eigenvalue weighted by Gasteiger charge is 2.39. The topological polar surface area (TPSA) is 76.1 Å². The molecule has 4 rings (SSSR count). The molecule has 2 radical (unpaired) electrons. The van der Waals surface area contributed by atoms with Crippen molar-refractivity contribution in [3.63, 3.8) is 0 Å². The minimum Gasteiger partial charge on any atom is -0.426 e. The van der Waals surface area contributed by atoms with E-state index in [2.05, 4.69) is 6.07 Å². The molecule has 1 fully saturated rings. The number of rotatable bonds is 3. The van der Waals surface area contributed by atoms with Crippen molar-refractivity contribution in [2.45, 2.75) is 37.4 Å². The van der Waals surface area contributed by atoms with Gasteiger partial charge in [0.25, 0.3) is 0 Å². The lowest BCUT2D eigenvalue weighted by atomic mass is 9.92. The number of hydrogen-bond acceptors (Lipinski definition) is 4. The van der Waals surface area contributed by atoms with Gasteiger partial charge in [0, 0.05) is 5.54 Å². The lowest BCUT2D eigenvalue weighted by Gasteiger charge is -2.38. The fourth-order valence-corrected chi connectivity index (χ4v) is 5.11. The van der Waals surface area contributed by atoms with E-state index in [1.54, 1.807) is 12.1 Å². The number of benzene rings is 2. The van der Waals surface area contributed by atoms with E-state index >= 15 is 0 Å². The summed E-state index contributed by atoms with van der Waals surface area (Å²) in [6.45, 7) is 1.87. The zero-order valence-electron chi connectivity index (χ0n) is 15.6. The monoisotopic (exact) mass is 392 g/mol. The molecule has 2 heterocycles. The van der Waals surface area contributed by atoms with Gasteiger partial charge in [-0.1, -0.05) is 25.1 Å². The number of hydrogen-bond donors (Lipinski definition) is 1. The maximum atomic E-state index is 14.7. The predicted octanol–water partition coefficient (Wildman–Crippen LogP) is 3.45. The number of halogens is 1. The van der Waals surface area contributed by atoms with Crippen LogP contribution in [0.3, 0.4) is 0 Å². The highest BCUT2D eigenvalue weighted by atomic mass is 28.2. The molecule has 2 aromatic carbocycles. The molecule has 0 spiro atoms. The Morgan fingerprint density at radius 3 is 2.75 bits per heavy atom. The van der Waals surface area contributed by atoms with Crippen molar-refractivity contribution in [3.8, 4) is 22.9 Å². The molecule has 2 aliphatic rings. The first-order valence-electron chi connectivity index (χ1n) is 9.51.